The van der Waals surface area contributed by atoms with Crippen molar-refractivity contribution in [3.05, 3.63) is 29.3 Å². The van der Waals surface area contributed by atoms with Crippen molar-refractivity contribution in [1.82, 2.24) is 0 Å². The summed E-state index contributed by atoms with van der Waals surface area (Å²) < 4.78 is 5.24. The van der Waals surface area contributed by atoms with E-state index in [4.69, 9.17) is 10.5 Å². The van der Waals surface area contributed by atoms with Crippen LogP contribution in [0.25, 0.3) is 0 Å². The highest BCUT2D eigenvalue weighted by Crippen LogP contribution is 2.21. The number of amides is 1. The number of hydrogen-bond donors (Lipinski definition) is 2. The molecular formula is C14H20N2O2. The third-order valence-electron chi connectivity index (χ3n) is 3.60. The van der Waals surface area contributed by atoms with Gasteiger partial charge in [0.15, 0.2) is 0 Å². The molecule has 1 fully saturated rings. The summed E-state index contributed by atoms with van der Waals surface area (Å²) in [6, 6.07) is 5.87. The third kappa shape index (κ3) is 2.71. The second-order valence-corrected chi connectivity index (χ2v) is 5.02. The fourth-order valence-corrected chi connectivity index (χ4v) is 2.04. The molecule has 0 saturated carbocycles. The maximum absolute atomic E-state index is 12.2. The molecule has 1 aromatic carbocycles. The maximum Gasteiger partial charge on any atom is 0.244 e. The van der Waals surface area contributed by atoms with E-state index in [0.717, 1.165) is 11.3 Å². The maximum atomic E-state index is 12.2. The second-order valence-electron chi connectivity index (χ2n) is 5.02. The van der Waals surface area contributed by atoms with Crippen LogP contribution in [0.5, 0.6) is 0 Å². The lowest BCUT2D eigenvalue weighted by Crippen LogP contribution is -2.54. The summed E-state index contributed by atoms with van der Waals surface area (Å²) in [5.74, 6) is -0.117. The third-order valence-corrected chi connectivity index (χ3v) is 3.60. The molecule has 1 aromatic rings. The summed E-state index contributed by atoms with van der Waals surface area (Å²) >= 11 is 0. The molecule has 0 aromatic heterocycles. The van der Waals surface area contributed by atoms with Gasteiger partial charge in [-0.05, 0) is 49.9 Å². The first kappa shape index (κ1) is 13.1. The van der Waals surface area contributed by atoms with E-state index in [2.05, 4.69) is 5.32 Å². The van der Waals surface area contributed by atoms with Gasteiger partial charge in [0, 0.05) is 18.9 Å². The smallest absolute Gasteiger partial charge is 0.244 e. The van der Waals surface area contributed by atoms with Crippen LogP contribution in [0, 0.1) is 13.8 Å². The van der Waals surface area contributed by atoms with E-state index in [0.29, 0.717) is 26.1 Å². The summed E-state index contributed by atoms with van der Waals surface area (Å²) in [6.07, 6.45) is 1.15. The largest absolute Gasteiger partial charge is 0.381 e. The number of nitrogens with two attached hydrogens (primary N) is 1. The van der Waals surface area contributed by atoms with Crippen LogP contribution in [-0.2, 0) is 9.53 Å². The van der Waals surface area contributed by atoms with E-state index in [9.17, 15) is 4.79 Å². The molecule has 0 radical (unpaired) electrons. The van der Waals surface area contributed by atoms with Crippen molar-refractivity contribution < 1.29 is 9.53 Å². The highest BCUT2D eigenvalue weighted by molar-refractivity contribution is 5.98. The first-order valence-corrected chi connectivity index (χ1v) is 6.27. The summed E-state index contributed by atoms with van der Waals surface area (Å²) in [7, 11) is 0. The topological polar surface area (TPSA) is 64.4 Å². The molecular weight excluding hydrogens is 228 g/mol. The van der Waals surface area contributed by atoms with Crippen molar-refractivity contribution >= 4 is 11.6 Å². The van der Waals surface area contributed by atoms with E-state index >= 15 is 0 Å². The molecule has 4 heteroatoms. The van der Waals surface area contributed by atoms with Gasteiger partial charge >= 0.3 is 0 Å². The molecule has 1 aliphatic rings. The Morgan fingerprint density at radius 1 is 1.28 bits per heavy atom. The van der Waals surface area contributed by atoms with Crippen molar-refractivity contribution in [3.63, 3.8) is 0 Å². The first-order valence-electron chi connectivity index (χ1n) is 6.27. The zero-order valence-corrected chi connectivity index (χ0v) is 11.0. The van der Waals surface area contributed by atoms with Crippen LogP contribution in [-0.4, -0.2) is 24.7 Å². The van der Waals surface area contributed by atoms with Gasteiger partial charge in [-0.15, -0.1) is 0 Å². The van der Waals surface area contributed by atoms with Crippen LogP contribution >= 0.6 is 0 Å². The Bertz CT molecular complexity index is 451. The lowest BCUT2D eigenvalue weighted by Gasteiger charge is -2.31. The molecule has 1 saturated heterocycles. The fourth-order valence-electron chi connectivity index (χ4n) is 2.04. The van der Waals surface area contributed by atoms with Gasteiger partial charge in [-0.3, -0.25) is 4.79 Å². The molecule has 0 aliphatic carbocycles. The summed E-state index contributed by atoms with van der Waals surface area (Å²) in [5.41, 5.74) is 8.50. The summed E-state index contributed by atoms with van der Waals surface area (Å²) in [5, 5.41) is 2.90. The predicted octanol–water partition coefficient (Wildman–Crippen LogP) is 1.75. The average molecular weight is 248 g/mol. The molecule has 1 aliphatic heterocycles. The molecule has 0 unspecified atom stereocenters. The number of ether oxygens (including phenoxy) is 1. The van der Waals surface area contributed by atoms with E-state index in [-0.39, 0.29) is 5.91 Å². The minimum atomic E-state index is -0.795. The van der Waals surface area contributed by atoms with Gasteiger partial charge in [-0.25, -0.2) is 0 Å². The Hall–Kier alpha value is -1.39. The number of carbonyl (C=O) groups is 1. The summed E-state index contributed by atoms with van der Waals surface area (Å²) in [4.78, 5) is 12.2. The zero-order valence-electron chi connectivity index (χ0n) is 11.0. The van der Waals surface area contributed by atoms with Crippen molar-refractivity contribution in [2.45, 2.75) is 32.2 Å². The van der Waals surface area contributed by atoms with Crippen LogP contribution in [0.4, 0.5) is 5.69 Å². The highest BCUT2D eigenvalue weighted by Gasteiger charge is 2.35. The van der Waals surface area contributed by atoms with Crippen LogP contribution < -0.4 is 11.1 Å². The standard InChI is InChI=1S/C14H20N2O2/c1-10-3-4-12(9-11(10)2)16-13(17)14(15)5-7-18-8-6-14/h3-4,9H,5-8,15H2,1-2H3,(H,16,17). The number of aryl methyl sites for hydroxylation is 2. The lowest BCUT2D eigenvalue weighted by molar-refractivity contribution is -0.124. The number of carbonyl (C=O) groups excluding carboxylic acids is 1. The van der Waals surface area contributed by atoms with Gasteiger partial charge in [0.1, 0.15) is 5.54 Å². The number of hydrogen-bond acceptors (Lipinski definition) is 3. The Morgan fingerprint density at radius 2 is 1.94 bits per heavy atom. The molecule has 0 atom stereocenters. The Balaban J connectivity index is 2.08. The van der Waals surface area contributed by atoms with E-state index in [1.165, 1.54) is 5.56 Å². The Kier molecular flexibility index (Phi) is 3.68. The Labute approximate surface area is 108 Å². The second kappa shape index (κ2) is 5.08. The number of anilines is 1. The highest BCUT2D eigenvalue weighted by atomic mass is 16.5. The molecule has 0 bridgehead atoms. The number of rotatable bonds is 2. The molecule has 1 heterocycles. The van der Waals surface area contributed by atoms with Gasteiger partial charge in [0.05, 0.1) is 0 Å². The molecule has 4 nitrogen and oxygen atoms in total. The van der Waals surface area contributed by atoms with Crippen LogP contribution in [0.15, 0.2) is 18.2 Å². The van der Waals surface area contributed by atoms with Gasteiger partial charge in [0.25, 0.3) is 0 Å². The SMILES string of the molecule is Cc1ccc(NC(=O)C2(N)CCOCC2)cc1C. The van der Waals surface area contributed by atoms with Crippen molar-refractivity contribution in [2.24, 2.45) is 5.73 Å². The van der Waals surface area contributed by atoms with E-state index in [1.807, 2.05) is 32.0 Å². The minimum absolute atomic E-state index is 0.117. The van der Waals surface area contributed by atoms with Crippen molar-refractivity contribution in [1.29, 1.82) is 0 Å². The lowest BCUT2D eigenvalue weighted by atomic mass is 9.90. The van der Waals surface area contributed by atoms with Crippen LogP contribution in [0.3, 0.4) is 0 Å². The van der Waals surface area contributed by atoms with Crippen molar-refractivity contribution in [3.8, 4) is 0 Å². The molecule has 0 spiro atoms. The predicted molar refractivity (Wildman–Crippen MR) is 71.5 cm³/mol. The summed E-state index contributed by atoms with van der Waals surface area (Å²) in [6.45, 7) is 5.18. The van der Waals surface area contributed by atoms with Gasteiger partial charge < -0.3 is 15.8 Å². The Morgan fingerprint density at radius 3 is 2.56 bits per heavy atom. The molecule has 18 heavy (non-hydrogen) atoms. The van der Waals surface area contributed by atoms with E-state index < -0.39 is 5.54 Å². The van der Waals surface area contributed by atoms with Gasteiger partial charge in [-0.2, -0.15) is 0 Å². The molecule has 98 valence electrons. The average Bonchev–Trinajstić information content (AvgIpc) is 2.35. The molecule has 3 N–H and O–H groups in total. The zero-order chi connectivity index (χ0) is 13.2. The molecule has 2 rings (SSSR count). The van der Waals surface area contributed by atoms with Gasteiger partial charge in [-0.1, -0.05) is 6.07 Å². The first-order chi connectivity index (χ1) is 8.51. The van der Waals surface area contributed by atoms with E-state index in [1.54, 1.807) is 0 Å². The quantitative estimate of drug-likeness (QED) is 0.838. The van der Waals surface area contributed by atoms with Crippen LogP contribution in [0.2, 0.25) is 0 Å². The molecule has 1 amide bonds. The van der Waals surface area contributed by atoms with Crippen LogP contribution in [0.1, 0.15) is 24.0 Å². The number of benzene rings is 1. The van der Waals surface area contributed by atoms with Gasteiger partial charge in [0.2, 0.25) is 5.91 Å². The minimum Gasteiger partial charge on any atom is -0.381 e. The fraction of sp³-hybridized carbons (Fsp3) is 0.500. The number of nitrogens with one attached hydrogen (secondary N) is 1. The monoisotopic (exact) mass is 248 g/mol. The van der Waals surface area contributed by atoms with Crippen molar-refractivity contribution in [2.75, 3.05) is 18.5 Å². The normalized spacial score (nSPS) is 18.4.